The van der Waals surface area contributed by atoms with Gasteiger partial charge in [0.2, 0.25) is 5.95 Å². The number of nitrogens with zero attached hydrogens (tertiary/aromatic N) is 2. The average molecular weight is 193 g/mol. The van der Waals surface area contributed by atoms with Crippen molar-refractivity contribution in [2.75, 3.05) is 11.9 Å². The van der Waals surface area contributed by atoms with Gasteiger partial charge >= 0.3 is 0 Å². The summed E-state index contributed by atoms with van der Waals surface area (Å²) >= 11 is 0. The molecule has 0 spiro atoms. The Labute approximate surface area is 83.7 Å². The van der Waals surface area contributed by atoms with Crippen molar-refractivity contribution >= 4 is 5.95 Å². The van der Waals surface area contributed by atoms with E-state index >= 15 is 0 Å². The van der Waals surface area contributed by atoms with E-state index in [0.717, 1.165) is 18.6 Å². The highest BCUT2D eigenvalue weighted by molar-refractivity contribution is 5.26. The van der Waals surface area contributed by atoms with Crippen LogP contribution in [-0.4, -0.2) is 28.7 Å². The summed E-state index contributed by atoms with van der Waals surface area (Å²) in [5, 5.41) is 3.27. The molecule has 0 saturated carbocycles. The molecule has 1 aromatic heterocycles. The fraction of sp³-hybridized carbons (Fsp3) is 0.600. The van der Waals surface area contributed by atoms with Crippen LogP contribution < -0.4 is 5.32 Å². The summed E-state index contributed by atoms with van der Waals surface area (Å²) in [5.74, 6) is 0.693. The van der Waals surface area contributed by atoms with Crippen LogP contribution in [0.15, 0.2) is 12.4 Å². The normalized spacial score (nSPS) is 26.4. The van der Waals surface area contributed by atoms with Crippen molar-refractivity contribution < 1.29 is 4.74 Å². The molecular formula is C10H15N3O. The summed E-state index contributed by atoms with van der Waals surface area (Å²) in [6.45, 7) is 4.87. The Morgan fingerprint density at radius 2 is 2.14 bits per heavy atom. The molecule has 0 bridgehead atoms. The molecule has 2 unspecified atom stereocenters. The Kier molecular flexibility index (Phi) is 2.63. The lowest BCUT2D eigenvalue weighted by Gasteiger charge is -2.15. The Hall–Kier alpha value is -1.16. The number of nitrogens with one attached hydrogen (secondary N) is 1. The van der Waals surface area contributed by atoms with Crippen LogP contribution in [0, 0.1) is 6.92 Å². The maximum Gasteiger partial charge on any atom is 0.222 e. The number of hydrogen-bond donors (Lipinski definition) is 1. The van der Waals surface area contributed by atoms with E-state index in [1.165, 1.54) is 0 Å². The predicted molar refractivity (Wildman–Crippen MR) is 54.2 cm³/mol. The van der Waals surface area contributed by atoms with Crippen LogP contribution in [0.1, 0.15) is 18.9 Å². The summed E-state index contributed by atoms with van der Waals surface area (Å²) in [5.41, 5.74) is 1.08. The van der Waals surface area contributed by atoms with Gasteiger partial charge in [0.05, 0.1) is 12.1 Å². The topological polar surface area (TPSA) is 47.0 Å². The van der Waals surface area contributed by atoms with E-state index in [1.54, 1.807) is 0 Å². The highest BCUT2D eigenvalue weighted by Crippen LogP contribution is 2.16. The molecule has 4 heteroatoms. The summed E-state index contributed by atoms with van der Waals surface area (Å²) in [7, 11) is 0. The molecule has 0 radical (unpaired) electrons. The standard InChI is InChI=1S/C10H15N3O/c1-7-5-11-10(12-6-7)13-9-3-4-14-8(9)2/h5-6,8-9H,3-4H2,1-2H3,(H,11,12,13). The van der Waals surface area contributed by atoms with E-state index in [-0.39, 0.29) is 6.10 Å². The van der Waals surface area contributed by atoms with E-state index in [4.69, 9.17) is 4.74 Å². The van der Waals surface area contributed by atoms with Crippen LogP contribution in [-0.2, 0) is 4.74 Å². The summed E-state index contributed by atoms with van der Waals surface area (Å²) in [6.07, 6.45) is 4.91. The first-order chi connectivity index (χ1) is 6.75. The fourth-order valence-corrected chi connectivity index (χ4v) is 1.55. The zero-order valence-electron chi connectivity index (χ0n) is 8.53. The number of aromatic nitrogens is 2. The number of hydrogen-bond acceptors (Lipinski definition) is 4. The minimum absolute atomic E-state index is 0.250. The second kappa shape index (κ2) is 3.92. The highest BCUT2D eigenvalue weighted by atomic mass is 16.5. The monoisotopic (exact) mass is 193 g/mol. The van der Waals surface area contributed by atoms with E-state index in [2.05, 4.69) is 22.2 Å². The van der Waals surface area contributed by atoms with E-state index in [0.29, 0.717) is 12.0 Å². The van der Waals surface area contributed by atoms with Gasteiger partial charge < -0.3 is 10.1 Å². The van der Waals surface area contributed by atoms with Crippen molar-refractivity contribution in [3.05, 3.63) is 18.0 Å². The van der Waals surface area contributed by atoms with E-state index in [1.807, 2.05) is 19.3 Å². The number of rotatable bonds is 2. The molecule has 2 atom stereocenters. The molecule has 1 aromatic rings. The molecule has 76 valence electrons. The van der Waals surface area contributed by atoms with Gasteiger partial charge in [0.1, 0.15) is 0 Å². The first-order valence-electron chi connectivity index (χ1n) is 4.92. The van der Waals surface area contributed by atoms with Gasteiger partial charge in [0, 0.05) is 19.0 Å². The molecule has 1 fully saturated rings. The van der Waals surface area contributed by atoms with Gasteiger partial charge in [0.25, 0.3) is 0 Å². The van der Waals surface area contributed by atoms with Crippen LogP contribution in [0.4, 0.5) is 5.95 Å². The quantitative estimate of drug-likeness (QED) is 0.770. The van der Waals surface area contributed by atoms with Crippen LogP contribution >= 0.6 is 0 Å². The van der Waals surface area contributed by atoms with E-state index in [9.17, 15) is 0 Å². The maximum absolute atomic E-state index is 5.44. The number of aryl methyl sites for hydroxylation is 1. The fourth-order valence-electron chi connectivity index (χ4n) is 1.55. The Morgan fingerprint density at radius 1 is 1.43 bits per heavy atom. The molecule has 1 N–H and O–H groups in total. The van der Waals surface area contributed by atoms with Gasteiger partial charge in [-0.1, -0.05) is 0 Å². The number of anilines is 1. The minimum Gasteiger partial charge on any atom is -0.376 e. The second-order valence-electron chi connectivity index (χ2n) is 3.70. The van der Waals surface area contributed by atoms with Crippen molar-refractivity contribution in [2.45, 2.75) is 32.4 Å². The third kappa shape index (κ3) is 2.01. The van der Waals surface area contributed by atoms with E-state index < -0.39 is 0 Å². The average Bonchev–Trinajstić information content (AvgIpc) is 2.56. The molecule has 1 aliphatic heterocycles. The largest absolute Gasteiger partial charge is 0.376 e. The van der Waals surface area contributed by atoms with Gasteiger partial charge in [-0.2, -0.15) is 0 Å². The van der Waals surface area contributed by atoms with Crippen LogP contribution in [0.3, 0.4) is 0 Å². The minimum atomic E-state index is 0.250. The van der Waals surface area contributed by atoms with Crippen molar-refractivity contribution in [1.82, 2.24) is 9.97 Å². The molecule has 4 nitrogen and oxygen atoms in total. The zero-order chi connectivity index (χ0) is 9.97. The molecule has 1 aliphatic rings. The van der Waals surface area contributed by atoms with Gasteiger partial charge in [-0.15, -0.1) is 0 Å². The van der Waals surface area contributed by atoms with Crippen LogP contribution in [0.2, 0.25) is 0 Å². The van der Waals surface area contributed by atoms with Crippen molar-refractivity contribution in [3.8, 4) is 0 Å². The van der Waals surface area contributed by atoms with Crippen LogP contribution in [0.25, 0.3) is 0 Å². The Balaban J connectivity index is 2.00. The van der Waals surface area contributed by atoms with Crippen LogP contribution in [0.5, 0.6) is 0 Å². The lowest BCUT2D eigenvalue weighted by atomic mass is 10.2. The number of ether oxygens (including phenoxy) is 1. The third-order valence-corrected chi connectivity index (χ3v) is 2.47. The van der Waals surface area contributed by atoms with Gasteiger partial charge in [-0.3, -0.25) is 0 Å². The molecule has 2 rings (SSSR count). The van der Waals surface area contributed by atoms with Gasteiger partial charge in [-0.25, -0.2) is 9.97 Å². The first kappa shape index (κ1) is 9.40. The first-order valence-corrected chi connectivity index (χ1v) is 4.92. The third-order valence-electron chi connectivity index (χ3n) is 2.47. The Bertz CT molecular complexity index is 299. The van der Waals surface area contributed by atoms with Gasteiger partial charge in [-0.05, 0) is 25.8 Å². The van der Waals surface area contributed by atoms with Crippen molar-refractivity contribution in [1.29, 1.82) is 0 Å². The predicted octanol–water partition coefficient (Wildman–Crippen LogP) is 1.37. The molecule has 0 aromatic carbocycles. The zero-order valence-corrected chi connectivity index (χ0v) is 8.53. The van der Waals surface area contributed by atoms with Gasteiger partial charge in [0.15, 0.2) is 0 Å². The lowest BCUT2D eigenvalue weighted by Crippen LogP contribution is -2.27. The summed E-state index contributed by atoms with van der Waals surface area (Å²) in [6, 6.07) is 0.345. The molecule has 0 aliphatic carbocycles. The molecular weight excluding hydrogens is 178 g/mol. The van der Waals surface area contributed by atoms with Crippen molar-refractivity contribution in [3.63, 3.8) is 0 Å². The molecule has 2 heterocycles. The highest BCUT2D eigenvalue weighted by Gasteiger charge is 2.24. The lowest BCUT2D eigenvalue weighted by molar-refractivity contribution is 0.121. The summed E-state index contributed by atoms with van der Waals surface area (Å²) < 4.78 is 5.44. The molecule has 1 saturated heterocycles. The summed E-state index contributed by atoms with van der Waals surface area (Å²) in [4.78, 5) is 8.40. The molecule has 0 amide bonds. The SMILES string of the molecule is Cc1cnc(NC2CCOC2C)nc1. The molecule has 14 heavy (non-hydrogen) atoms. The Morgan fingerprint density at radius 3 is 2.71 bits per heavy atom. The maximum atomic E-state index is 5.44. The van der Waals surface area contributed by atoms with Crippen molar-refractivity contribution in [2.24, 2.45) is 0 Å². The second-order valence-corrected chi connectivity index (χ2v) is 3.70. The smallest absolute Gasteiger partial charge is 0.222 e.